The molecule has 1 aromatic rings. The van der Waals surface area contributed by atoms with E-state index in [1.165, 1.54) is 22.3 Å². The first-order valence-corrected chi connectivity index (χ1v) is 5.58. The molecule has 0 aliphatic rings. The molecule has 0 saturated carbocycles. The van der Waals surface area contributed by atoms with E-state index in [1.807, 2.05) is 7.05 Å². The molecule has 0 fully saturated rings. The van der Waals surface area contributed by atoms with E-state index in [9.17, 15) is 0 Å². The summed E-state index contributed by atoms with van der Waals surface area (Å²) < 4.78 is 5.36. The molecule has 0 radical (unpaired) electrons. The molecule has 3 heteroatoms. The average molecular weight is 222 g/mol. The summed E-state index contributed by atoms with van der Waals surface area (Å²) >= 11 is 0. The van der Waals surface area contributed by atoms with E-state index in [4.69, 9.17) is 10.5 Å². The lowest BCUT2D eigenvalue weighted by Crippen LogP contribution is -2.26. The SMILES string of the molecule is CNC(CN)c1c(C)cc(OC)c(C)c1C. The zero-order valence-corrected chi connectivity index (χ0v) is 10.8. The predicted molar refractivity (Wildman–Crippen MR) is 68.1 cm³/mol. The van der Waals surface area contributed by atoms with Gasteiger partial charge in [0.15, 0.2) is 0 Å². The molecule has 0 aliphatic heterocycles. The number of nitrogens with one attached hydrogen (secondary N) is 1. The van der Waals surface area contributed by atoms with Crippen molar-refractivity contribution < 1.29 is 4.74 Å². The van der Waals surface area contributed by atoms with Gasteiger partial charge in [-0.3, -0.25) is 0 Å². The van der Waals surface area contributed by atoms with E-state index >= 15 is 0 Å². The van der Waals surface area contributed by atoms with Crippen LogP contribution in [0.3, 0.4) is 0 Å². The molecule has 0 bridgehead atoms. The normalized spacial score (nSPS) is 12.6. The van der Waals surface area contributed by atoms with Crippen molar-refractivity contribution in [1.29, 1.82) is 0 Å². The molecule has 1 aromatic carbocycles. The van der Waals surface area contributed by atoms with E-state index in [0.717, 1.165) is 5.75 Å². The van der Waals surface area contributed by atoms with Crippen LogP contribution in [-0.4, -0.2) is 20.7 Å². The molecule has 1 atom stereocenters. The Morgan fingerprint density at radius 3 is 2.38 bits per heavy atom. The van der Waals surface area contributed by atoms with Crippen molar-refractivity contribution in [3.05, 3.63) is 28.3 Å². The third-order valence-corrected chi connectivity index (χ3v) is 3.26. The van der Waals surface area contributed by atoms with Crippen LogP contribution in [0.25, 0.3) is 0 Å². The molecule has 1 unspecified atom stereocenters. The Labute approximate surface area is 98.0 Å². The quantitative estimate of drug-likeness (QED) is 0.817. The molecule has 16 heavy (non-hydrogen) atoms. The largest absolute Gasteiger partial charge is 0.496 e. The maximum atomic E-state index is 5.78. The molecule has 0 heterocycles. The summed E-state index contributed by atoms with van der Waals surface area (Å²) in [4.78, 5) is 0. The van der Waals surface area contributed by atoms with E-state index in [-0.39, 0.29) is 6.04 Å². The Hall–Kier alpha value is -1.06. The van der Waals surface area contributed by atoms with E-state index < -0.39 is 0 Å². The number of hydrogen-bond donors (Lipinski definition) is 2. The minimum Gasteiger partial charge on any atom is -0.496 e. The fourth-order valence-electron chi connectivity index (χ4n) is 2.19. The lowest BCUT2D eigenvalue weighted by Gasteiger charge is -2.22. The molecule has 3 nitrogen and oxygen atoms in total. The van der Waals surface area contributed by atoms with Gasteiger partial charge in [0.05, 0.1) is 7.11 Å². The van der Waals surface area contributed by atoms with Gasteiger partial charge in [-0.1, -0.05) is 0 Å². The van der Waals surface area contributed by atoms with Crippen LogP contribution in [0, 0.1) is 20.8 Å². The lowest BCUT2D eigenvalue weighted by molar-refractivity contribution is 0.410. The second-order valence-electron chi connectivity index (χ2n) is 4.14. The third kappa shape index (κ3) is 2.20. The van der Waals surface area contributed by atoms with Gasteiger partial charge in [0.25, 0.3) is 0 Å². The lowest BCUT2D eigenvalue weighted by atomic mass is 9.92. The first-order valence-electron chi connectivity index (χ1n) is 5.58. The van der Waals surface area contributed by atoms with Gasteiger partial charge in [0.2, 0.25) is 0 Å². The van der Waals surface area contributed by atoms with Crippen LogP contribution >= 0.6 is 0 Å². The number of likely N-dealkylation sites (N-methyl/N-ethyl adjacent to an activating group) is 1. The predicted octanol–water partition coefficient (Wildman–Crippen LogP) is 1.84. The monoisotopic (exact) mass is 222 g/mol. The summed E-state index contributed by atoms with van der Waals surface area (Å²) in [6, 6.07) is 2.29. The summed E-state index contributed by atoms with van der Waals surface area (Å²) in [5, 5.41) is 3.25. The van der Waals surface area contributed by atoms with Crippen molar-refractivity contribution in [2.75, 3.05) is 20.7 Å². The summed E-state index contributed by atoms with van der Waals surface area (Å²) in [5.41, 5.74) is 10.8. The smallest absolute Gasteiger partial charge is 0.122 e. The third-order valence-electron chi connectivity index (χ3n) is 3.26. The molecule has 0 spiro atoms. The van der Waals surface area contributed by atoms with Gasteiger partial charge < -0.3 is 15.8 Å². The van der Waals surface area contributed by atoms with Crippen molar-refractivity contribution in [2.45, 2.75) is 26.8 Å². The number of methoxy groups -OCH3 is 1. The summed E-state index contributed by atoms with van der Waals surface area (Å²) in [6.07, 6.45) is 0. The number of hydrogen-bond acceptors (Lipinski definition) is 3. The molecule has 3 N–H and O–H groups in total. The molecule has 90 valence electrons. The van der Waals surface area contributed by atoms with Crippen molar-refractivity contribution in [3.63, 3.8) is 0 Å². The second-order valence-corrected chi connectivity index (χ2v) is 4.14. The first-order chi connectivity index (χ1) is 7.56. The van der Waals surface area contributed by atoms with Crippen LogP contribution in [0.15, 0.2) is 6.07 Å². The number of nitrogens with two attached hydrogens (primary N) is 1. The van der Waals surface area contributed by atoms with Crippen molar-refractivity contribution in [2.24, 2.45) is 5.73 Å². The standard InChI is InChI=1S/C13H22N2O/c1-8-6-12(16-5)9(2)10(3)13(8)11(7-14)15-4/h6,11,15H,7,14H2,1-5H3. The average Bonchev–Trinajstić information content (AvgIpc) is 2.29. The zero-order chi connectivity index (χ0) is 12.3. The molecule has 1 rings (SSSR count). The van der Waals surface area contributed by atoms with Crippen LogP contribution in [0.4, 0.5) is 0 Å². The van der Waals surface area contributed by atoms with Crippen LogP contribution in [-0.2, 0) is 0 Å². The molecular formula is C13H22N2O. The van der Waals surface area contributed by atoms with Crippen LogP contribution < -0.4 is 15.8 Å². The van der Waals surface area contributed by atoms with E-state index in [1.54, 1.807) is 7.11 Å². The van der Waals surface area contributed by atoms with Crippen molar-refractivity contribution >= 4 is 0 Å². The van der Waals surface area contributed by atoms with Gasteiger partial charge in [0.1, 0.15) is 5.75 Å². The maximum absolute atomic E-state index is 5.78. The molecule has 0 saturated heterocycles. The van der Waals surface area contributed by atoms with Gasteiger partial charge in [-0.15, -0.1) is 0 Å². The number of ether oxygens (including phenoxy) is 1. The highest BCUT2D eigenvalue weighted by Crippen LogP contribution is 2.30. The maximum Gasteiger partial charge on any atom is 0.122 e. The van der Waals surface area contributed by atoms with Gasteiger partial charge >= 0.3 is 0 Å². The first kappa shape index (κ1) is 13.0. The Morgan fingerprint density at radius 1 is 1.31 bits per heavy atom. The summed E-state index contributed by atoms with van der Waals surface area (Å²) in [7, 11) is 3.65. The number of rotatable bonds is 4. The topological polar surface area (TPSA) is 47.3 Å². The highest BCUT2D eigenvalue weighted by atomic mass is 16.5. The van der Waals surface area contributed by atoms with Crippen LogP contribution in [0.2, 0.25) is 0 Å². The van der Waals surface area contributed by atoms with E-state index in [2.05, 4.69) is 32.2 Å². The Bertz CT molecular complexity index is 371. The Balaban J connectivity index is 3.35. The highest BCUT2D eigenvalue weighted by Gasteiger charge is 2.16. The highest BCUT2D eigenvalue weighted by molar-refractivity contribution is 5.49. The van der Waals surface area contributed by atoms with Gasteiger partial charge in [-0.25, -0.2) is 0 Å². The van der Waals surface area contributed by atoms with Gasteiger partial charge in [-0.2, -0.15) is 0 Å². The number of aryl methyl sites for hydroxylation is 1. The van der Waals surface area contributed by atoms with Crippen molar-refractivity contribution in [1.82, 2.24) is 5.32 Å². The second kappa shape index (κ2) is 5.32. The molecular weight excluding hydrogens is 200 g/mol. The fourth-order valence-corrected chi connectivity index (χ4v) is 2.19. The Kier molecular flexibility index (Phi) is 4.33. The van der Waals surface area contributed by atoms with Crippen molar-refractivity contribution in [3.8, 4) is 5.75 Å². The number of benzene rings is 1. The fraction of sp³-hybridized carbons (Fsp3) is 0.538. The summed E-state index contributed by atoms with van der Waals surface area (Å²) in [6.45, 7) is 6.91. The molecule has 0 aromatic heterocycles. The minimum atomic E-state index is 0.213. The van der Waals surface area contributed by atoms with Crippen LogP contribution in [0.5, 0.6) is 5.75 Å². The Morgan fingerprint density at radius 2 is 1.94 bits per heavy atom. The molecule has 0 amide bonds. The van der Waals surface area contributed by atoms with Gasteiger partial charge in [-0.05, 0) is 56.1 Å². The van der Waals surface area contributed by atoms with E-state index in [0.29, 0.717) is 6.54 Å². The minimum absolute atomic E-state index is 0.213. The van der Waals surface area contributed by atoms with Crippen LogP contribution in [0.1, 0.15) is 28.3 Å². The van der Waals surface area contributed by atoms with Gasteiger partial charge in [0, 0.05) is 12.6 Å². The zero-order valence-electron chi connectivity index (χ0n) is 10.8. The molecule has 0 aliphatic carbocycles. The summed E-state index contributed by atoms with van der Waals surface area (Å²) in [5.74, 6) is 0.950.